The van der Waals surface area contributed by atoms with Gasteiger partial charge in [-0.05, 0) is 74.7 Å². The van der Waals surface area contributed by atoms with Crippen LogP contribution in [0.25, 0.3) is 0 Å². The molecule has 3 aromatic rings. The largest absolute Gasteiger partial charge is 0.493 e. The van der Waals surface area contributed by atoms with Gasteiger partial charge in [0.1, 0.15) is 6.61 Å². The number of para-hydroxylation sites is 2. The molecule has 1 atom stereocenters. The van der Waals surface area contributed by atoms with Crippen LogP contribution >= 0.6 is 0 Å². The van der Waals surface area contributed by atoms with Crippen molar-refractivity contribution in [1.29, 1.82) is 0 Å². The van der Waals surface area contributed by atoms with Gasteiger partial charge < -0.3 is 38.1 Å². The second kappa shape index (κ2) is 13.9. The van der Waals surface area contributed by atoms with Crippen LogP contribution in [0.5, 0.6) is 40.2 Å². The Morgan fingerprint density at radius 1 is 0.732 bits per heavy atom. The van der Waals surface area contributed by atoms with E-state index in [4.69, 9.17) is 33.2 Å². The smallest absolute Gasteiger partial charge is 0.254 e. The predicted molar refractivity (Wildman–Crippen MR) is 155 cm³/mol. The Labute approximate surface area is 241 Å². The molecular formula is C32H39NO8. The van der Waals surface area contributed by atoms with Crippen molar-refractivity contribution < 1.29 is 38.0 Å². The number of fused-ring (bicyclic) bond motifs is 1. The number of methoxy groups -OCH3 is 3. The van der Waals surface area contributed by atoms with E-state index < -0.39 is 6.04 Å². The Kier molecular flexibility index (Phi) is 10.1. The van der Waals surface area contributed by atoms with Crippen molar-refractivity contribution in [2.24, 2.45) is 0 Å². The molecule has 0 aromatic heterocycles. The lowest BCUT2D eigenvalue weighted by atomic mass is 9.91. The Bertz CT molecular complexity index is 1310. The Balaban J connectivity index is 1.77. The summed E-state index contributed by atoms with van der Waals surface area (Å²) in [7, 11) is 4.81. The van der Waals surface area contributed by atoms with Gasteiger partial charge in [-0.3, -0.25) is 4.79 Å². The number of hydrogen-bond donors (Lipinski definition) is 0. The first kappa shape index (κ1) is 29.7. The van der Waals surface area contributed by atoms with Crippen molar-refractivity contribution in [3.8, 4) is 40.2 Å². The summed E-state index contributed by atoms with van der Waals surface area (Å²) in [5.41, 5.74) is 2.43. The standard InChI is InChI=1S/C32H39NO8/c1-7-38-29-17-22(18-30(39-8-2)31(29)40-9-3)32(34)33-15-14-21-16-27(36-5)28(37-6)19-23(21)24(33)20-41-26-13-11-10-12-25(26)35-4/h10-13,16-19,24H,7-9,14-15,20H2,1-6H3. The van der Waals surface area contributed by atoms with E-state index in [1.54, 1.807) is 33.5 Å². The molecule has 3 aromatic carbocycles. The number of carbonyl (C=O) groups is 1. The molecule has 1 aliphatic rings. The number of ether oxygens (including phenoxy) is 7. The molecule has 0 N–H and O–H groups in total. The van der Waals surface area contributed by atoms with Crippen LogP contribution in [0.4, 0.5) is 0 Å². The average molecular weight is 566 g/mol. The first-order valence-electron chi connectivity index (χ1n) is 13.9. The highest BCUT2D eigenvalue weighted by molar-refractivity contribution is 5.96. The lowest BCUT2D eigenvalue weighted by molar-refractivity contribution is 0.0586. The highest BCUT2D eigenvalue weighted by Gasteiger charge is 2.34. The molecule has 0 radical (unpaired) electrons. The molecule has 0 fully saturated rings. The number of carbonyl (C=O) groups excluding carboxylic acids is 1. The average Bonchev–Trinajstić information content (AvgIpc) is 3.00. The van der Waals surface area contributed by atoms with Gasteiger partial charge in [0.2, 0.25) is 5.75 Å². The van der Waals surface area contributed by atoms with Crippen LogP contribution in [-0.4, -0.2) is 65.1 Å². The van der Waals surface area contributed by atoms with E-state index in [9.17, 15) is 4.79 Å². The van der Waals surface area contributed by atoms with E-state index in [1.807, 2.05) is 62.1 Å². The Morgan fingerprint density at radius 3 is 1.90 bits per heavy atom. The summed E-state index contributed by atoms with van der Waals surface area (Å²) < 4.78 is 40.5. The number of benzene rings is 3. The first-order chi connectivity index (χ1) is 20.0. The maximum Gasteiger partial charge on any atom is 0.254 e. The summed E-state index contributed by atoms with van der Waals surface area (Å²) in [6, 6.07) is 14.4. The molecular weight excluding hydrogens is 526 g/mol. The Hall–Kier alpha value is -4.27. The third kappa shape index (κ3) is 6.39. The predicted octanol–water partition coefficient (Wildman–Crippen LogP) is 5.73. The summed E-state index contributed by atoms with van der Waals surface area (Å²) >= 11 is 0. The van der Waals surface area contributed by atoms with Crippen LogP contribution in [0.3, 0.4) is 0 Å². The number of nitrogens with zero attached hydrogens (tertiary/aromatic N) is 1. The third-order valence-corrected chi connectivity index (χ3v) is 6.89. The molecule has 0 aliphatic carbocycles. The molecule has 9 heteroatoms. The van der Waals surface area contributed by atoms with Crippen LogP contribution in [0.15, 0.2) is 48.5 Å². The minimum absolute atomic E-state index is 0.177. The highest BCUT2D eigenvalue weighted by atomic mass is 16.5. The van der Waals surface area contributed by atoms with Gasteiger partial charge in [0.25, 0.3) is 5.91 Å². The quantitative estimate of drug-likeness (QED) is 0.260. The molecule has 41 heavy (non-hydrogen) atoms. The van der Waals surface area contributed by atoms with Crippen molar-refractivity contribution in [2.75, 3.05) is 54.3 Å². The van der Waals surface area contributed by atoms with Crippen molar-refractivity contribution in [3.05, 3.63) is 65.2 Å². The van der Waals surface area contributed by atoms with Crippen molar-refractivity contribution in [1.82, 2.24) is 4.90 Å². The van der Waals surface area contributed by atoms with Crippen molar-refractivity contribution in [3.63, 3.8) is 0 Å². The summed E-state index contributed by atoms with van der Waals surface area (Å²) in [6.07, 6.45) is 0.639. The molecule has 1 aliphatic heterocycles. The van der Waals surface area contributed by atoms with Crippen LogP contribution in [0.1, 0.15) is 48.3 Å². The first-order valence-corrected chi connectivity index (χ1v) is 13.9. The van der Waals surface area contributed by atoms with Gasteiger partial charge in [0, 0.05) is 12.1 Å². The van der Waals surface area contributed by atoms with E-state index in [1.165, 1.54) is 0 Å². The fourth-order valence-corrected chi connectivity index (χ4v) is 5.04. The third-order valence-electron chi connectivity index (χ3n) is 6.89. The second-order valence-electron chi connectivity index (χ2n) is 9.23. The molecule has 1 heterocycles. The zero-order chi connectivity index (χ0) is 29.4. The fraction of sp³-hybridized carbons (Fsp3) is 0.406. The summed E-state index contributed by atoms with van der Waals surface area (Å²) in [5.74, 6) is 3.68. The Morgan fingerprint density at radius 2 is 1.32 bits per heavy atom. The van der Waals surface area contributed by atoms with Crippen molar-refractivity contribution >= 4 is 5.91 Å². The normalized spacial score (nSPS) is 14.1. The monoisotopic (exact) mass is 565 g/mol. The molecule has 0 bridgehead atoms. The minimum atomic E-state index is -0.423. The number of amides is 1. The highest BCUT2D eigenvalue weighted by Crippen LogP contribution is 2.42. The van der Waals surface area contributed by atoms with Crippen LogP contribution in [0.2, 0.25) is 0 Å². The van der Waals surface area contributed by atoms with Gasteiger partial charge in [0.05, 0.1) is 47.2 Å². The van der Waals surface area contributed by atoms with E-state index in [0.29, 0.717) is 78.6 Å². The minimum Gasteiger partial charge on any atom is -0.493 e. The summed E-state index contributed by atoms with van der Waals surface area (Å²) in [6.45, 7) is 7.60. The SMILES string of the molecule is CCOc1cc(C(=O)N2CCc3cc(OC)c(OC)cc3C2COc2ccccc2OC)cc(OCC)c1OCC. The molecule has 1 amide bonds. The zero-order valence-corrected chi connectivity index (χ0v) is 24.7. The summed E-state index contributed by atoms with van der Waals surface area (Å²) in [4.78, 5) is 16.1. The van der Waals surface area contributed by atoms with Gasteiger partial charge in [0.15, 0.2) is 34.5 Å². The summed E-state index contributed by atoms with van der Waals surface area (Å²) in [5, 5.41) is 0. The molecule has 1 unspecified atom stereocenters. The number of rotatable bonds is 13. The molecule has 220 valence electrons. The van der Waals surface area contributed by atoms with Crippen LogP contribution in [-0.2, 0) is 6.42 Å². The van der Waals surface area contributed by atoms with Gasteiger partial charge in [-0.25, -0.2) is 0 Å². The topological polar surface area (TPSA) is 84.9 Å². The number of hydrogen-bond acceptors (Lipinski definition) is 8. The lowest BCUT2D eigenvalue weighted by Crippen LogP contribution is -2.42. The molecule has 0 saturated carbocycles. The molecule has 4 rings (SSSR count). The van der Waals surface area contributed by atoms with E-state index >= 15 is 0 Å². The van der Waals surface area contributed by atoms with Gasteiger partial charge >= 0.3 is 0 Å². The van der Waals surface area contributed by atoms with E-state index in [2.05, 4.69) is 0 Å². The van der Waals surface area contributed by atoms with E-state index in [0.717, 1.165) is 11.1 Å². The van der Waals surface area contributed by atoms with Crippen LogP contribution < -0.4 is 33.2 Å². The van der Waals surface area contributed by atoms with Crippen molar-refractivity contribution in [2.45, 2.75) is 33.2 Å². The zero-order valence-electron chi connectivity index (χ0n) is 24.7. The van der Waals surface area contributed by atoms with Gasteiger partial charge in [-0.15, -0.1) is 0 Å². The lowest BCUT2D eigenvalue weighted by Gasteiger charge is -2.38. The molecule has 0 spiro atoms. The van der Waals surface area contributed by atoms with E-state index in [-0.39, 0.29) is 12.5 Å². The maximum atomic E-state index is 14.3. The molecule has 0 saturated heterocycles. The second-order valence-corrected chi connectivity index (χ2v) is 9.23. The van der Waals surface area contributed by atoms with Crippen LogP contribution in [0, 0.1) is 0 Å². The van der Waals surface area contributed by atoms with Gasteiger partial charge in [-0.1, -0.05) is 12.1 Å². The molecule has 9 nitrogen and oxygen atoms in total. The maximum absolute atomic E-state index is 14.3. The fourth-order valence-electron chi connectivity index (χ4n) is 5.04. The van der Waals surface area contributed by atoms with Gasteiger partial charge in [-0.2, -0.15) is 0 Å².